The number of H-pyrrole nitrogens is 1. The molecule has 0 radical (unpaired) electrons. The van der Waals surface area contributed by atoms with Gasteiger partial charge in [-0.3, -0.25) is 4.79 Å². The Labute approximate surface area is 102 Å². The predicted octanol–water partition coefficient (Wildman–Crippen LogP) is 3.67. The summed E-state index contributed by atoms with van der Waals surface area (Å²) in [6.45, 7) is 0. The lowest BCUT2D eigenvalue weighted by Gasteiger charge is -1.98. The van der Waals surface area contributed by atoms with Crippen LogP contribution in [0.15, 0.2) is 53.1 Å². The number of aromatic nitrogens is 1. The Morgan fingerprint density at radius 2 is 2.00 bits per heavy atom. The van der Waals surface area contributed by atoms with Crippen molar-refractivity contribution >= 4 is 27.8 Å². The molecule has 2 nitrogen and oxygen atoms in total. The van der Waals surface area contributed by atoms with E-state index in [1.165, 1.54) is 0 Å². The van der Waals surface area contributed by atoms with Crippen LogP contribution < -0.4 is 0 Å². The van der Waals surface area contributed by atoms with Crippen LogP contribution in [0.2, 0.25) is 0 Å². The monoisotopic (exact) mass is 275 g/mol. The third-order valence-electron chi connectivity index (χ3n) is 2.18. The molecule has 0 atom stereocenters. The summed E-state index contributed by atoms with van der Waals surface area (Å²) in [6, 6.07) is 11.2. The fourth-order valence-corrected chi connectivity index (χ4v) is 1.84. The van der Waals surface area contributed by atoms with E-state index in [1.54, 1.807) is 18.2 Å². The number of allylic oxidation sites excluding steroid dienone is 1. The Balaban J connectivity index is 2.18. The summed E-state index contributed by atoms with van der Waals surface area (Å²) in [7, 11) is 0. The molecule has 0 unspecified atom stereocenters. The number of hydrogen-bond donors (Lipinski definition) is 1. The van der Waals surface area contributed by atoms with Gasteiger partial charge >= 0.3 is 0 Å². The number of hydrogen-bond acceptors (Lipinski definition) is 1. The van der Waals surface area contributed by atoms with Gasteiger partial charge in [0.1, 0.15) is 0 Å². The second-order valence-electron chi connectivity index (χ2n) is 3.30. The maximum absolute atomic E-state index is 11.8. The maximum atomic E-state index is 11.8. The first-order valence-electron chi connectivity index (χ1n) is 4.88. The van der Waals surface area contributed by atoms with Crippen LogP contribution in [0.3, 0.4) is 0 Å². The molecule has 1 aromatic carbocycles. The van der Waals surface area contributed by atoms with Crippen molar-refractivity contribution in [3.05, 3.63) is 64.4 Å². The molecule has 16 heavy (non-hydrogen) atoms. The minimum atomic E-state index is -0.0120. The van der Waals surface area contributed by atoms with E-state index in [0.717, 1.165) is 10.2 Å². The number of nitrogens with one attached hydrogen (secondary N) is 1. The molecule has 0 saturated carbocycles. The predicted molar refractivity (Wildman–Crippen MR) is 68.3 cm³/mol. The molecule has 0 bridgehead atoms. The number of benzene rings is 1. The minimum absolute atomic E-state index is 0.0120. The van der Waals surface area contributed by atoms with Crippen molar-refractivity contribution in [1.29, 1.82) is 0 Å². The van der Waals surface area contributed by atoms with E-state index in [4.69, 9.17) is 0 Å². The topological polar surface area (TPSA) is 32.9 Å². The zero-order valence-corrected chi connectivity index (χ0v) is 10.1. The molecular formula is C13H10BrNO. The molecule has 1 heterocycles. The van der Waals surface area contributed by atoms with Crippen molar-refractivity contribution in [3.8, 4) is 0 Å². The largest absolute Gasteiger partial charge is 0.362 e. The lowest BCUT2D eigenvalue weighted by molar-refractivity contribution is 0.104. The van der Waals surface area contributed by atoms with Crippen LogP contribution in [0.5, 0.6) is 0 Å². The number of carbonyl (C=O) groups excluding carboxylic acids is 1. The Kier molecular flexibility index (Phi) is 3.37. The van der Waals surface area contributed by atoms with Crippen LogP contribution in [-0.4, -0.2) is 10.8 Å². The van der Waals surface area contributed by atoms with Crippen molar-refractivity contribution in [1.82, 2.24) is 4.98 Å². The van der Waals surface area contributed by atoms with Crippen molar-refractivity contribution in [3.63, 3.8) is 0 Å². The van der Waals surface area contributed by atoms with Crippen LogP contribution in [0.25, 0.3) is 6.08 Å². The van der Waals surface area contributed by atoms with Crippen LogP contribution in [0.4, 0.5) is 0 Å². The highest BCUT2D eigenvalue weighted by Crippen LogP contribution is 2.17. The summed E-state index contributed by atoms with van der Waals surface area (Å²) in [5, 5.41) is 0. The Hall–Kier alpha value is -1.61. The second-order valence-corrected chi connectivity index (χ2v) is 4.16. The first kappa shape index (κ1) is 10.9. The summed E-state index contributed by atoms with van der Waals surface area (Å²) in [6.07, 6.45) is 5.15. The van der Waals surface area contributed by atoms with Gasteiger partial charge in [0.2, 0.25) is 0 Å². The zero-order valence-electron chi connectivity index (χ0n) is 8.48. The third kappa shape index (κ3) is 2.49. The normalized spacial score (nSPS) is 10.8. The van der Waals surface area contributed by atoms with Crippen molar-refractivity contribution in [2.24, 2.45) is 0 Å². The number of rotatable bonds is 3. The Bertz CT molecular complexity index is 514. The molecule has 0 aliphatic carbocycles. The van der Waals surface area contributed by atoms with Crippen LogP contribution in [0, 0.1) is 0 Å². The molecule has 0 aliphatic heterocycles. The molecule has 0 fully saturated rings. The summed E-state index contributed by atoms with van der Waals surface area (Å²) in [5.41, 5.74) is 1.59. The van der Waals surface area contributed by atoms with E-state index in [0.29, 0.717) is 5.56 Å². The van der Waals surface area contributed by atoms with E-state index in [-0.39, 0.29) is 5.78 Å². The number of halogens is 1. The Morgan fingerprint density at radius 3 is 2.69 bits per heavy atom. The van der Waals surface area contributed by atoms with E-state index in [9.17, 15) is 4.79 Å². The van der Waals surface area contributed by atoms with E-state index in [1.807, 2.05) is 36.5 Å². The summed E-state index contributed by atoms with van der Waals surface area (Å²) < 4.78 is 0.816. The highest BCUT2D eigenvalue weighted by molar-refractivity contribution is 9.10. The van der Waals surface area contributed by atoms with Gasteiger partial charge in [0.05, 0.1) is 0 Å². The summed E-state index contributed by atoms with van der Waals surface area (Å²) in [4.78, 5) is 14.8. The maximum Gasteiger partial charge on any atom is 0.187 e. The first-order valence-corrected chi connectivity index (χ1v) is 5.67. The lowest BCUT2D eigenvalue weighted by atomic mass is 10.1. The van der Waals surface area contributed by atoms with Crippen LogP contribution in [0.1, 0.15) is 16.1 Å². The lowest BCUT2D eigenvalue weighted by Crippen LogP contribution is -1.94. The molecular weight excluding hydrogens is 266 g/mol. The van der Waals surface area contributed by atoms with Gasteiger partial charge in [-0.2, -0.15) is 0 Å². The fraction of sp³-hybridized carbons (Fsp3) is 0. The third-order valence-corrected chi connectivity index (χ3v) is 2.87. The van der Waals surface area contributed by atoms with Gasteiger partial charge in [-0.25, -0.2) is 0 Å². The van der Waals surface area contributed by atoms with Gasteiger partial charge in [-0.05, 0) is 36.4 Å². The molecule has 0 spiro atoms. The number of aromatic amines is 1. The quantitative estimate of drug-likeness (QED) is 0.673. The summed E-state index contributed by atoms with van der Waals surface area (Å²) in [5.74, 6) is -0.0120. The van der Waals surface area contributed by atoms with Crippen molar-refractivity contribution in [2.75, 3.05) is 0 Å². The smallest absolute Gasteiger partial charge is 0.187 e. The molecule has 3 heteroatoms. The van der Waals surface area contributed by atoms with Crippen molar-refractivity contribution < 1.29 is 4.79 Å². The molecule has 1 aromatic heterocycles. The van der Waals surface area contributed by atoms with E-state index in [2.05, 4.69) is 20.9 Å². The average Bonchev–Trinajstić information content (AvgIpc) is 2.79. The van der Waals surface area contributed by atoms with Gasteiger partial charge in [-0.15, -0.1) is 0 Å². The molecule has 1 N–H and O–H groups in total. The van der Waals surface area contributed by atoms with Gasteiger partial charge in [0, 0.05) is 21.9 Å². The SMILES string of the molecule is O=C(C=Cc1ccc[nH]1)c1ccccc1Br. The minimum Gasteiger partial charge on any atom is -0.362 e. The number of ketones is 1. The molecule has 0 amide bonds. The molecule has 2 aromatic rings. The van der Waals surface area contributed by atoms with E-state index >= 15 is 0 Å². The first-order chi connectivity index (χ1) is 7.77. The van der Waals surface area contributed by atoms with E-state index < -0.39 is 0 Å². The van der Waals surface area contributed by atoms with Crippen LogP contribution >= 0.6 is 15.9 Å². The Morgan fingerprint density at radius 1 is 1.19 bits per heavy atom. The average molecular weight is 276 g/mol. The van der Waals surface area contributed by atoms with Crippen molar-refractivity contribution in [2.45, 2.75) is 0 Å². The highest BCUT2D eigenvalue weighted by atomic mass is 79.9. The molecule has 0 saturated heterocycles. The van der Waals surface area contributed by atoms with Gasteiger partial charge in [-0.1, -0.05) is 28.1 Å². The van der Waals surface area contributed by atoms with Gasteiger partial charge in [0.25, 0.3) is 0 Å². The molecule has 2 rings (SSSR count). The second kappa shape index (κ2) is 4.94. The van der Waals surface area contributed by atoms with Gasteiger partial charge in [0.15, 0.2) is 5.78 Å². The standard InChI is InChI=1S/C13H10BrNO/c14-12-6-2-1-5-11(12)13(16)8-7-10-4-3-9-15-10/h1-9,15H. The number of carbonyl (C=O) groups is 1. The molecule has 0 aliphatic rings. The van der Waals surface area contributed by atoms with Crippen LogP contribution in [-0.2, 0) is 0 Å². The fourth-order valence-electron chi connectivity index (χ4n) is 1.36. The van der Waals surface area contributed by atoms with Gasteiger partial charge < -0.3 is 4.98 Å². The molecule has 80 valence electrons. The summed E-state index contributed by atoms with van der Waals surface area (Å²) >= 11 is 3.35. The zero-order chi connectivity index (χ0) is 11.4. The highest BCUT2D eigenvalue weighted by Gasteiger charge is 2.04.